The molecule has 0 saturated heterocycles. The van der Waals surface area contributed by atoms with Gasteiger partial charge in [-0.15, -0.1) is 0 Å². The first-order valence-corrected chi connectivity index (χ1v) is 19.4. The van der Waals surface area contributed by atoms with Gasteiger partial charge in [0.25, 0.3) is 0 Å². The molecule has 0 spiro atoms. The Balaban J connectivity index is 1.19. The molecule has 0 radical (unpaired) electrons. The second-order valence-electron chi connectivity index (χ2n) is 13.2. The zero-order valence-electron chi connectivity index (χ0n) is 27.7. The number of fused-ring (bicyclic) bond motifs is 6. The molecule has 3 nitrogen and oxygen atoms in total. The lowest BCUT2D eigenvalue weighted by atomic mass is 10.00. The van der Waals surface area contributed by atoms with E-state index in [-0.39, 0.29) is 0 Å². The lowest BCUT2D eigenvalue weighted by Gasteiger charge is -2.31. The van der Waals surface area contributed by atoms with Crippen molar-refractivity contribution in [2.45, 2.75) is 0 Å². The highest BCUT2D eigenvalue weighted by atomic mass is 28.3. The highest BCUT2D eigenvalue weighted by molar-refractivity contribution is 7.22. The number of nitrogens with zero attached hydrogens (tertiary/aromatic N) is 3. The van der Waals surface area contributed by atoms with Crippen LogP contribution in [0.2, 0.25) is 0 Å². The summed E-state index contributed by atoms with van der Waals surface area (Å²) in [6, 6.07) is 67.7. The van der Waals surface area contributed by atoms with Crippen molar-refractivity contribution >= 4 is 50.4 Å². The fraction of sp³-hybridized carbons (Fsp3) is 0. The molecule has 1 aliphatic heterocycles. The lowest BCUT2D eigenvalue weighted by molar-refractivity contribution is 1.07. The molecule has 51 heavy (non-hydrogen) atoms. The van der Waals surface area contributed by atoms with Gasteiger partial charge in [0.15, 0.2) is 25.5 Å². The zero-order valence-corrected chi connectivity index (χ0v) is 28.7. The summed E-state index contributed by atoms with van der Waals surface area (Å²) in [6.45, 7) is 0. The first kappa shape index (κ1) is 29.4. The van der Waals surface area contributed by atoms with Gasteiger partial charge in [0.1, 0.15) is 0 Å². The Kier molecular flexibility index (Phi) is 6.83. The van der Waals surface area contributed by atoms with Crippen molar-refractivity contribution < 1.29 is 0 Å². The van der Waals surface area contributed by atoms with Crippen LogP contribution in [0, 0.1) is 0 Å². The average molecular weight is 666 g/mol. The van der Waals surface area contributed by atoms with Crippen LogP contribution in [0.4, 0.5) is 0 Å². The van der Waals surface area contributed by atoms with Gasteiger partial charge >= 0.3 is 0 Å². The third-order valence-corrected chi connectivity index (χ3v) is 15.2. The van der Waals surface area contributed by atoms with Gasteiger partial charge in [0.05, 0.1) is 0 Å². The van der Waals surface area contributed by atoms with Crippen molar-refractivity contribution in [2.75, 3.05) is 0 Å². The maximum atomic E-state index is 5.21. The standard InChI is InChI=1S/C47H31N3Si/c1-3-15-33(16-4-1)45-48-46(50-47(49-45)36-28-29-40-34(30-36)27-26-32-14-7-8-21-39(32)40)35-17-13-20-38(31-35)51(37-18-5-2-6-19-37)43-24-11-9-22-41(43)42-23-10-12-25-44(42)51/h1-31H. The number of aromatic nitrogens is 3. The fourth-order valence-corrected chi connectivity index (χ4v) is 13.3. The number of benzene rings is 8. The molecule has 238 valence electrons. The van der Waals surface area contributed by atoms with Crippen LogP contribution in [-0.2, 0) is 0 Å². The fourth-order valence-electron chi connectivity index (χ4n) is 8.11. The monoisotopic (exact) mass is 665 g/mol. The molecule has 0 N–H and O–H groups in total. The predicted molar refractivity (Wildman–Crippen MR) is 214 cm³/mol. The van der Waals surface area contributed by atoms with E-state index in [2.05, 4.69) is 170 Å². The summed E-state index contributed by atoms with van der Waals surface area (Å²) in [7, 11) is -2.67. The normalized spacial score (nSPS) is 12.9. The Labute approximate surface area is 297 Å². The molecule has 0 aliphatic carbocycles. The molecule has 8 aromatic carbocycles. The minimum Gasteiger partial charge on any atom is -0.208 e. The van der Waals surface area contributed by atoms with Crippen molar-refractivity contribution in [3.8, 4) is 45.3 Å². The highest BCUT2D eigenvalue weighted by Gasteiger charge is 2.48. The van der Waals surface area contributed by atoms with Crippen molar-refractivity contribution in [3.05, 3.63) is 188 Å². The summed E-state index contributed by atoms with van der Waals surface area (Å²) in [5.74, 6) is 1.98. The first-order valence-electron chi connectivity index (χ1n) is 17.4. The van der Waals surface area contributed by atoms with E-state index in [0.29, 0.717) is 17.5 Å². The van der Waals surface area contributed by atoms with Crippen LogP contribution in [0.25, 0.3) is 66.8 Å². The van der Waals surface area contributed by atoms with Crippen molar-refractivity contribution in [3.63, 3.8) is 0 Å². The Morgan fingerprint density at radius 2 is 0.824 bits per heavy atom. The molecule has 0 saturated carbocycles. The molecule has 0 unspecified atom stereocenters. The van der Waals surface area contributed by atoms with Gasteiger partial charge in [-0.3, -0.25) is 0 Å². The van der Waals surface area contributed by atoms with Crippen LogP contribution in [0.15, 0.2) is 188 Å². The number of hydrogen-bond acceptors (Lipinski definition) is 3. The molecular weight excluding hydrogens is 635 g/mol. The third-order valence-electron chi connectivity index (χ3n) is 10.4. The predicted octanol–water partition coefficient (Wildman–Crippen LogP) is 8.54. The van der Waals surface area contributed by atoms with Gasteiger partial charge in [-0.05, 0) is 59.5 Å². The zero-order chi connectivity index (χ0) is 33.8. The largest absolute Gasteiger partial charge is 0.208 e. The topological polar surface area (TPSA) is 38.7 Å². The lowest BCUT2D eigenvalue weighted by Crippen LogP contribution is -2.72. The highest BCUT2D eigenvalue weighted by Crippen LogP contribution is 2.32. The minimum atomic E-state index is -2.67. The Bertz CT molecular complexity index is 2710. The SMILES string of the molecule is c1ccc(-c2nc(-c3cccc([Si]4(c5ccccc5)c5ccccc5-c5ccccc54)c3)nc(-c3ccc4c(ccc5ccccc54)c3)n2)cc1. The summed E-state index contributed by atoms with van der Waals surface area (Å²) in [6.07, 6.45) is 0. The molecule has 0 atom stereocenters. The van der Waals surface area contributed by atoms with Gasteiger partial charge < -0.3 is 0 Å². The van der Waals surface area contributed by atoms with E-state index in [0.717, 1.165) is 22.1 Å². The van der Waals surface area contributed by atoms with E-state index in [9.17, 15) is 0 Å². The van der Waals surface area contributed by atoms with E-state index >= 15 is 0 Å². The quantitative estimate of drug-likeness (QED) is 0.137. The molecule has 1 aliphatic rings. The minimum absolute atomic E-state index is 0.658. The van der Waals surface area contributed by atoms with Gasteiger partial charge in [0.2, 0.25) is 0 Å². The molecule has 2 heterocycles. The van der Waals surface area contributed by atoms with E-state index < -0.39 is 8.07 Å². The molecule has 1 aromatic heterocycles. The maximum Gasteiger partial charge on any atom is 0.180 e. The van der Waals surface area contributed by atoms with Crippen LogP contribution in [0.1, 0.15) is 0 Å². The molecule has 0 bridgehead atoms. The van der Waals surface area contributed by atoms with Crippen LogP contribution in [0.5, 0.6) is 0 Å². The summed E-state index contributed by atoms with van der Waals surface area (Å²) >= 11 is 0. The van der Waals surface area contributed by atoms with Crippen LogP contribution >= 0.6 is 0 Å². The Morgan fingerprint density at radius 3 is 1.55 bits per heavy atom. The molecule has 0 fully saturated rings. The van der Waals surface area contributed by atoms with Gasteiger partial charge in [0, 0.05) is 16.7 Å². The molecule has 0 amide bonds. The number of rotatable bonds is 5. The van der Waals surface area contributed by atoms with E-state index in [1.54, 1.807) is 0 Å². The van der Waals surface area contributed by atoms with Crippen LogP contribution in [0.3, 0.4) is 0 Å². The molecule has 4 heteroatoms. The van der Waals surface area contributed by atoms with E-state index in [1.807, 2.05) is 18.2 Å². The van der Waals surface area contributed by atoms with Gasteiger partial charge in [-0.2, -0.15) is 0 Å². The smallest absolute Gasteiger partial charge is 0.180 e. The molecular formula is C47H31N3Si. The Morgan fingerprint density at radius 1 is 0.314 bits per heavy atom. The maximum absolute atomic E-state index is 5.21. The summed E-state index contributed by atoms with van der Waals surface area (Å²) in [4.78, 5) is 15.4. The Hall–Kier alpha value is -6.49. The van der Waals surface area contributed by atoms with Crippen molar-refractivity contribution in [1.82, 2.24) is 15.0 Å². The average Bonchev–Trinajstić information content (AvgIpc) is 3.52. The first-order chi connectivity index (χ1) is 25.3. The van der Waals surface area contributed by atoms with Crippen LogP contribution in [-0.4, -0.2) is 23.0 Å². The summed E-state index contributed by atoms with van der Waals surface area (Å²) < 4.78 is 0. The molecule has 10 rings (SSSR count). The van der Waals surface area contributed by atoms with Crippen molar-refractivity contribution in [1.29, 1.82) is 0 Å². The van der Waals surface area contributed by atoms with Crippen LogP contribution < -0.4 is 20.7 Å². The summed E-state index contributed by atoms with van der Waals surface area (Å²) in [5, 5.41) is 10.4. The van der Waals surface area contributed by atoms with Gasteiger partial charge in [-0.25, -0.2) is 15.0 Å². The second kappa shape index (κ2) is 11.8. The van der Waals surface area contributed by atoms with E-state index in [1.165, 1.54) is 48.0 Å². The third kappa shape index (κ3) is 4.68. The summed E-state index contributed by atoms with van der Waals surface area (Å²) in [5.41, 5.74) is 5.55. The molecule has 9 aromatic rings. The number of hydrogen-bond donors (Lipinski definition) is 0. The van der Waals surface area contributed by atoms with E-state index in [4.69, 9.17) is 15.0 Å². The van der Waals surface area contributed by atoms with Gasteiger partial charge in [-0.1, -0.05) is 182 Å². The van der Waals surface area contributed by atoms with Crippen molar-refractivity contribution in [2.24, 2.45) is 0 Å². The second-order valence-corrected chi connectivity index (χ2v) is 16.9.